The highest BCUT2D eigenvalue weighted by molar-refractivity contribution is 6.97. The third-order valence-electron chi connectivity index (χ3n) is 5.02. The van der Waals surface area contributed by atoms with E-state index in [1.807, 2.05) is 13.1 Å². The Morgan fingerprint density at radius 3 is 2.07 bits per heavy atom. The van der Waals surface area contributed by atoms with Gasteiger partial charge in [0.25, 0.3) is 8.32 Å². The van der Waals surface area contributed by atoms with Crippen molar-refractivity contribution >= 4 is 18.7 Å². The highest BCUT2D eigenvalue weighted by Gasteiger charge is 2.39. The van der Waals surface area contributed by atoms with Gasteiger partial charge in [-0.3, -0.25) is 4.68 Å². The van der Waals surface area contributed by atoms with Crippen molar-refractivity contribution in [1.29, 1.82) is 0 Å². The molecule has 0 bridgehead atoms. The van der Waals surface area contributed by atoms with Gasteiger partial charge in [-0.1, -0.05) is 80.4 Å². The first kappa shape index (κ1) is 19.5. The molecule has 0 aliphatic carbocycles. The van der Waals surface area contributed by atoms with Crippen molar-refractivity contribution in [1.82, 2.24) is 9.78 Å². The van der Waals surface area contributed by atoms with Crippen LogP contribution in [0.4, 0.5) is 0 Å². The molecule has 3 rings (SSSR count). The van der Waals surface area contributed by atoms with Gasteiger partial charge in [-0.2, -0.15) is 5.10 Å². The lowest BCUT2D eigenvalue weighted by Crippen LogP contribution is -2.60. The van der Waals surface area contributed by atoms with Gasteiger partial charge in [-0.25, -0.2) is 0 Å². The average molecular weight is 381 g/mol. The number of aliphatic hydroxyl groups excluding tert-OH is 1. The zero-order chi connectivity index (χ0) is 19.1. The summed E-state index contributed by atoms with van der Waals surface area (Å²) in [5.74, 6) is 0. The normalized spacial score (nSPS) is 11.7. The Labute approximate surface area is 162 Å². The van der Waals surface area contributed by atoms with Crippen molar-refractivity contribution in [2.45, 2.75) is 39.0 Å². The molecule has 2 aromatic carbocycles. The molecule has 142 valence electrons. The van der Waals surface area contributed by atoms with Crippen LogP contribution in [0.1, 0.15) is 31.2 Å². The Balaban J connectivity index is 2.00. The van der Waals surface area contributed by atoms with Gasteiger partial charge in [-0.05, 0) is 22.5 Å². The second-order valence-corrected chi connectivity index (χ2v) is 10.5. The van der Waals surface area contributed by atoms with Crippen LogP contribution in [0.2, 0.25) is 6.04 Å². The van der Waals surface area contributed by atoms with E-state index in [9.17, 15) is 5.11 Å². The highest BCUT2D eigenvalue weighted by Crippen LogP contribution is 2.19. The van der Waals surface area contributed by atoms with Gasteiger partial charge in [0.05, 0.1) is 24.6 Å². The van der Waals surface area contributed by atoms with Crippen LogP contribution in [0.3, 0.4) is 0 Å². The fraction of sp³-hybridized carbons (Fsp3) is 0.318. The molecule has 0 fully saturated rings. The van der Waals surface area contributed by atoms with Crippen LogP contribution in [0, 0.1) is 0 Å². The molecule has 0 radical (unpaired) electrons. The van der Waals surface area contributed by atoms with Gasteiger partial charge < -0.3 is 9.53 Å². The fourth-order valence-electron chi connectivity index (χ4n) is 3.52. The minimum absolute atomic E-state index is 0.0520. The smallest absolute Gasteiger partial charge is 0.256 e. The number of rotatable bonds is 9. The van der Waals surface area contributed by atoms with Crippen LogP contribution in [-0.4, -0.2) is 23.2 Å². The van der Waals surface area contributed by atoms with E-state index < -0.39 is 8.32 Å². The van der Waals surface area contributed by atoms with E-state index in [0.29, 0.717) is 12.3 Å². The lowest BCUT2D eigenvalue weighted by molar-refractivity contribution is 0.275. The Morgan fingerprint density at radius 1 is 1.00 bits per heavy atom. The first-order valence-electron chi connectivity index (χ1n) is 9.57. The van der Waals surface area contributed by atoms with Crippen molar-refractivity contribution in [3.8, 4) is 0 Å². The van der Waals surface area contributed by atoms with E-state index in [0.717, 1.165) is 24.6 Å². The topological polar surface area (TPSA) is 47.3 Å². The van der Waals surface area contributed by atoms with Gasteiger partial charge in [-0.15, -0.1) is 0 Å². The third kappa shape index (κ3) is 4.38. The summed E-state index contributed by atoms with van der Waals surface area (Å²) in [5.41, 5.74) is 1.66. The summed E-state index contributed by atoms with van der Waals surface area (Å²) in [7, 11) is -0.478. The van der Waals surface area contributed by atoms with Crippen LogP contribution >= 0.6 is 0 Å². The Hall–Kier alpha value is -2.21. The van der Waals surface area contributed by atoms with Crippen molar-refractivity contribution in [3.63, 3.8) is 0 Å². The summed E-state index contributed by atoms with van der Waals surface area (Å²) in [5, 5.41) is 16.3. The van der Waals surface area contributed by atoms with Gasteiger partial charge in [0, 0.05) is 7.05 Å². The Bertz CT molecular complexity index is 795. The van der Waals surface area contributed by atoms with Gasteiger partial charge in [0.1, 0.15) is 0 Å². The quantitative estimate of drug-likeness (QED) is 0.581. The fourth-order valence-corrected chi connectivity index (χ4v) is 7.61. The molecular weight excluding hydrogens is 352 g/mol. The monoisotopic (exact) mass is 380 g/mol. The largest absolute Gasteiger partial charge is 0.402 e. The van der Waals surface area contributed by atoms with Gasteiger partial charge in [0.2, 0.25) is 0 Å². The maximum absolute atomic E-state index is 9.37. The number of unbranched alkanes of at least 4 members (excludes halogenated alkanes) is 1. The molecule has 3 aromatic rings. The minimum atomic E-state index is -2.38. The molecule has 1 aromatic heterocycles. The first-order chi connectivity index (χ1) is 13.2. The molecule has 0 atom stereocenters. The summed E-state index contributed by atoms with van der Waals surface area (Å²) >= 11 is 0. The van der Waals surface area contributed by atoms with Crippen molar-refractivity contribution < 1.29 is 9.53 Å². The molecule has 0 spiro atoms. The SMILES string of the molecule is CCCC[Si](OCc1cc(CO)nn1C)(c1ccccc1)c1ccccc1. The zero-order valence-corrected chi connectivity index (χ0v) is 17.1. The lowest BCUT2D eigenvalue weighted by atomic mass is 10.4. The van der Waals surface area contributed by atoms with E-state index in [-0.39, 0.29) is 6.61 Å². The molecule has 5 heteroatoms. The minimum Gasteiger partial charge on any atom is -0.402 e. The van der Waals surface area contributed by atoms with E-state index in [1.165, 1.54) is 10.4 Å². The first-order valence-corrected chi connectivity index (χ1v) is 11.7. The summed E-state index contributed by atoms with van der Waals surface area (Å²) in [6.45, 7) is 2.66. The standard InChI is InChI=1S/C22H28N2O2Si/c1-3-4-15-27(21-11-7-5-8-12-21,22-13-9-6-10-14-22)26-18-20-16-19(17-25)23-24(20)2/h5-14,16,25H,3-4,15,17-18H2,1-2H3. The van der Waals surface area contributed by atoms with Gasteiger partial charge in [0.15, 0.2) is 0 Å². The summed E-state index contributed by atoms with van der Waals surface area (Å²) < 4.78 is 8.63. The number of aromatic nitrogens is 2. The maximum Gasteiger partial charge on any atom is 0.256 e. The number of aryl methyl sites for hydroxylation is 1. The molecule has 0 saturated heterocycles. The van der Waals surface area contributed by atoms with Crippen LogP contribution in [-0.2, 0) is 24.7 Å². The third-order valence-corrected chi connectivity index (χ3v) is 9.25. The van der Waals surface area contributed by atoms with E-state index in [2.05, 4.69) is 72.7 Å². The number of benzene rings is 2. The maximum atomic E-state index is 9.37. The van der Waals surface area contributed by atoms with Crippen molar-refractivity contribution in [2.24, 2.45) is 7.05 Å². The second-order valence-electron chi connectivity index (χ2n) is 6.86. The lowest BCUT2D eigenvalue weighted by Gasteiger charge is -2.32. The predicted octanol–water partition coefficient (Wildman–Crippen LogP) is 2.99. The van der Waals surface area contributed by atoms with Crippen molar-refractivity contribution in [2.75, 3.05) is 0 Å². The summed E-state index contributed by atoms with van der Waals surface area (Å²) in [6.07, 6.45) is 2.27. The number of hydrogen-bond acceptors (Lipinski definition) is 3. The zero-order valence-electron chi connectivity index (χ0n) is 16.1. The molecule has 0 saturated carbocycles. The summed E-state index contributed by atoms with van der Waals surface area (Å²) in [6, 6.07) is 24.3. The van der Waals surface area contributed by atoms with E-state index in [1.54, 1.807) is 4.68 Å². The van der Waals surface area contributed by atoms with Crippen LogP contribution in [0.15, 0.2) is 66.7 Å². The van der Waals surface area contributed by atoms with Gasteiger partial charge >= 0.3 is 0 Å². The summed E-state index contributed by atoms with van der Waals surface area (Å²) in [4.78, 5) is 0. The number of hydrogen-bond donors (Lipinski definition) is 1. The van der Waals surface area contributed by atoms with Crippen LogP contribution in [0.5, 0.6) is 0 Å². The molecular formula is C22H28N2O2Si. The average Bonchev–Trinajstić information content (AvgIpc) is 3.10. The number of aliphatic hydroxyl groups is 1. The molecule has 1 heterocycles. The Kier molecular flexibility index (Phi) is 6.61. The Morgan fingerprint density at radius 2 is 1.59 bits per heavy atom. The molecule has 1 N–H and O–H groups in total. The highest BCUT2D eigenvalue weighted by atomic mass is 28.4. The molecule has 0 unspecified atom stereocenters. The molecule has 0 aliphatic rings. The van der Waals surface area contributed by atoms with Crippen LogP contribution < -0.4 is 10.4 Å². The van der Waals surface area contributed by atoms with E-state index in [4.69, 9.17) is 4.43 Å². The van der Waals surface area contributed by atoms with Crippen molar-refractivity contribution in [3.05, 3.63) is 78.1 Å². The number of nitrogens with zero attached hydrogens (tertiary/aromatic N) is 2. The molecule has 0 amide bonds. The molecule has 27 heavy (non-hydrogen) atoms. The molecule has 4 nitrogen and oxygen atoms in total. The molecule has 0 aliphatic heterocycles. The predicted molar refractivity (Wildman–Crippen MR) is 112 cm³/mol. The van der Waals surface area contributed by atoms with E-state index >= 15 is 0 Å². The second kappa shape index (κ2) is 9.13. The van der Waals surface area contributed by atoms with Crippen LogP contribution in [0.25, 0.3) is 0 Å².